The summed E-state index contributed by atoms with van der Waals surface area (Å²) in [6.45, 7) is 8.09. The summed E-state index contributed by atoms with van der Waals surface area (Å²) in [7, 11) is 0. The summed E-state index contributed by atoms with van der Waals surface area (Å²) in [5.74, 6) is -0.190. The van der Waals surface area contributed by atoms with Crippen LogP contribution in [0.3, 0.4) is 0 Å². The summed E-state index contributed by atoms with van der Waals surface area (Å²) in [4.78, 5) is 23.8. The summed E-state index contributed by atoms with van der Waals surface area (Å²) in [5.41, 5.74) is 7.42. The van der Waals surface area contributed by atoms with Gasteiger partial charge in [-0.3, -0.25) is 20.4 Å². The van der Waals surface area contributed by atoms with Gasteiger partial charge in [0.05, 0.1) is 0 Å². The van der Waals surface area contributed by atoms with Crippen LogP contribution in [0.4, 0.5) is 0 Å². The standard InChI is InChI=1S/C20H24N2O3/c1-14-6-5-7-17(12-14)25-13-18(23)21-22-19(24)15-8-10-16(11-9-15)20(2,3)4/h5-12H,13H2,1-4H3,(H,21,23)(H,22,24). The molecule has 2 rings (SSSR count). The van der Waals surface area contributed by atoms with Crippen LogP contribution in [-0.2, 0) is 10.2 Å². The third-order valence-electron chi connectivity index (χ3n) is 3.69. The van der Waals surface area contributed by atoms with E-state index < -0.39 is 5.91 Å². The van der Waals surface area contributed by atoms with Gasteiger partial charge in [0.1, 0.15) is 5.75 Å². The van der Waals surface area contributed by atoms with Crippen molar-refractivity contribution >= 4 is 11.8 Å². The Labute approximate surface area is 148 Å². The van der Waals surface area contributed by atoms with Gasteiger partial charge < -0.3 is 4.74 Å². The fraction of sp³-hybridized carbons (Fsp3) is 0.300. The Morgan fingerprint density at radius 3 is 2.28 bits per heavy atom. The number of aryl methyl sites for hydroxylation is 1. The first-order valence-electron chi connectivity index (χ1n) is 8.15. The average Bonchev–Trinajstić information content (AvgIpc) is 2.57. The SMILES string of the molecule is Cc1cccc(OCC(=O)NNC(=O)c2ccc(C(C)(C)C)cc2)c1. The summed E-state index contributed by atoms with van der Waals surface area (Å²) in [5, 5.41) is 0. The van der Waals surface area contributed by atoms with Crippen LogP contribution in [0, 0.1) is 6.92 Å². The lowest BCUT2D eigenvalue weighted by molar-refractivity contribution is -0.123. The highest BCUT2D eigenvalue weighted by molar-refractivity contribution is 5.95. The number of carbonyl (C=O) groups excluding carboxylic acids is 2. The van der Waals surface area contributed by atoms with E-state index in [4.69, 9.17) is 4.74 Å². The molecular formula is C20H24N2O3. The van der Waals surface area contributed by atoms with Crippen molar-refractivity contribution in [1.82, 2.24) is 10.9 Å². The van der Waals surface area contributed by atoms with Gasteiger partial charge in [0.15, 0.2) is 6.61 Å². The minimum Gasteiger partial charge on any atom is -0.484 e. The van der Waals surface area contributed by atoms with Crippen LogP contribution in [0.1, 0.15) is 42.3 Å². The van der Waals surface area contributed by atoms with Gasteiger partial charge >= 0.3 is 0 Å². The first-order chi connectivity index (χ1) is 11.8. The van der Waals surface area contributed by atoms with E-state index >= 15 is 0 Å². The molecule has 2 aromatic carbocycles. The van der Waals surface area contributed by atoms with Crippen molar-refractivity contribution in [2.45, 2.75) is 33.1 Å². The molecule has 0 aliphatic heterocycles. The predicted octanol–water partition coefficient (Wildman–Crippen LogP) is 3.13. The molecule has 25 heavy (non-hydrogen) atoms. The van der Waals surface area contributed by atoms with Gasteiger partial charge in [0, 0.05) is 5.56 Å². The Balaban J connectivity index is 1.82. The van der Waals surface area contributed by atoms with Crippen LogP contribution in [0.2, 0.25) is 0 Å². The Bertz CT molecular complexity index is 746. The van der Waals surface area contributed by atoms with E-state index in [1.54, 1.807) is 18.2 Å². The lowest BCUT2D eigenvalue weighted by Crippen LogP contribution is -2.43. The van der Waals surface area contributed by atoms with Crippen molar-refractivity contribution in [3.63, 3.8) is 0 Å². The van der Waals surface area contributed by atoms with Gasteiger partial charge in [-0.2, -0.15) is 0 Å². The number of benzene rings is 2. The van der Waals surface area contributed by atoms with Crippen molar-refractivity contribution < 1.29 is 14.3 Å². The highest BCUT2D eigenvalue weighted by Crippen LogP contribution is 2.22. The van der Waals surface area contributed by atoms with Crippen LogP contribution in [0.25, 0.3) is 0 Å². The largest absolute Gasteiger partial charge is 0.484 e. The Kier molecular flexibility index (Phi) is 5.80. The maximum Gasteiger partial charge on any atom is 0.276 e. The van der Waals surface area contributed by atoms with E-state index in [2.05, 4.69) is 31.6 Å². The van der Waals surface area contributed by atoms with Crippen LogP contribution in [-0.4, -0.2) is 18.4 Å². The van der Waals surface area contributed by atoms with Crippen LogP contribution >= 0.6 is 0 Å². The number of hydrogen-bond acceptors (Lipinski definition) is 3. The maximum atomic E-state index is 12.1. The summed E-state index contributed by atoms with van der Waals surface area (Å²) >= 11 is 0. The molecule has 0 fully saturated rings. The summed E-state index contributed by atoms with van der Waals surface area (Å²) in [6, 6.07) is 14.7. The normalized spacial score (nSPS) is 10.9. The van der Waals surface area contributed by atoms with E-state index in [0.29, 0.717) is 11.3 Å². The summed E-state index contributed by atoms with van der Waals surface area (Å²) in [6.07, 6.45) is 0. The lowest BCUT2D eigenvalue weighted by Gasteiger charge is -2.19. The third kappa shape index (κ3) is 5.64. The molecule has 0 bridgehead atoms. The predicted molar refractivity (Wildman–Crippen MR) is 97.4 cm³/mol. The highest BCUT2D eigenvalue weighted by atomic mass is 16.5. The first kappa shape index (κ1) is 18.5. The zero-order chi connectivity index (χ0) is 18.4. The second kappa shape index (κ2) is 7.83. The van der Waals surface area contributed by atoms with Crippen LogP contribution < -0.4 is 15.6 Å². The van der Waals surface area contributed by atoms with Crippen LogP contribution in [0.15, 0.2) is 48.5 Å². The number of ether oxygens (including phenoxy) is 1. The first-order valence-corrected chi connectivity index (χ1v) is 8.15. The molecule has 0 aliphatic carbocycles. The zero-order valence-corrected chi connectivity index (χ0v) is 15.1. The number of hydrogen-bond donors (Lipinski definition) is 2. The van der Waals surface area contributed by atoms with Gasteiger partial charge in [0.2, 0.25) is 0 Å². The molecule has 0 atom stereocenters. The average molecular weight is 340 g/mol. The molecule has 0 heterocycles. The number of hydrazine groups is 1. The van der Waals surface area contributed by atoms with Crippen molar-refractivity contribution in [3.05, 3.63) is 65.2 Å². The molecule has 5 heteroatoms. The molecule has 2 amide bonds. The summed E-state index contributed by atoms with van der Waals surface area (Å²) < 4.78 is 5.38. The monoisotopic (exact) mass is 340 g/mol. The molecule has 0 unspecified atom stereocenters. The molecule has 132 valence electrons. The van der Waals surface area contributed by atoms with Crippen molar-refractivity contribution in [1.29, 1.82) is 0 Å². The molecule has 0 spiro atoms. The molecule has 2 N–H and O–H groups in total. The number of amides is 2. The van der Waals surface area contributed by atoms with E-state index in [1.165, 1.54) is 0 Å². The number of carbonyl (C=O) groups is 2. The maximum absolute atomic E-state index is 12.1. The Hall–Kier alpha value is -2.82. The zero-order valence-electron chi connectivity index (χ0n) is 15.1. The van der Waals surface area contributed by atoms with E-state index in [-0.39, 0.29) is 17.9 Å². The van der Waals surface area contributed by atoms with Gasteiger partial charge in [-0.1, -0.05) is 45.0 Å². The minimum atomic E-state index is -0.429. The molecular weight excluding hydrogens is 316 g/mol. The van der Waals surface area contributed by atoms with Gasteiger partial charge in [-0.15, -0.1) is 0 Å². The lowest BCUT2D eigenvalue weighted by atomic mass is 9.87. The van der Waals surface area contributed by atoms with E-state index in [9.17, 15) is 9.59 Å². The quantitative estimate of drug-likeness (QED) is 0.840. The van der Waals surface area contributed by atoms with Crippen molar-refractivity contribution in [3.8, 4) is 5.75 Å². The highest BCUT2D eigenvalue weighted by Gasteiger charge is 2.14. The Morgan fingerprint density at radius 1 is 1.00 bits per heavy atom. The van der Waals surface area contributed by atoms with Crippen LogP contribution in [0.5, 0.6) is 5.75 Å². The molecule has 0 radical (unpaired) electrons. The Morgan fingerprint density at radius 2 is 1.68 bits per heavy atom. The van der Waals surface area contributed by atoms with E-state index in [0.717, 1.165) is 11.1 Å². The molecule has 0 saturated carbocycles. The molecule has 5 nitrogen and oxygen atoms in total. The fourth-order valence-electron chi connectivity index (χ4n) is 2.21. The fourth-order valence-corrected chi connectivity index (χ4v) is 2.21. The molecule has 0 aromatic heterocycles. The molecule has 2 aromatic rings. The van der Waals surface area contributed by atoms with Gasteiger partial charge in [-0.25, -0.2) is 0 Å². The molecule has 0 aliphatic rings. The second-order valence-electron chi connectivity index (χ2n) is 6.93. The van der Waals surface area contributed by atoms with Crippen molar-refractivity contribution in [2.75, 3.05) is 6.61 Å². The molecule has 0 saturated heterocycles. The van der Waals surface area contributed by atoms with Gasteiger partial charge in [0.25, 0.3) is 11.8 Å². The van der Waals surface area contributed by atoms with Gasteiger partial charge in [-0.05, 0) is 47.7 Å². The number of rotatable bonds is 4. The number of nitrogens with one attached hydrogen (secondary N) is 2. The topological polar surface area (TPSA) is 67.4 Å². The smallest absolute Gasteiger partial charge is 0.276 e. The van der Waals surface area contributed by atoms with Crippen molar-refractivity contribution in [2.24, 2.45) is 0 Å². The second-order valence-corrected chi connectivity index (χ2v) is 6.93. The van der Waals surface area contributed by atoms with E-state index in [1.807, 2.05) is 37.3 Å². The minimum absolute atomic E-state index is 0.0242. The third-order valence-corrected chi connectivity index (χ3v) is 3.69.